The minimum absolute atomic E-state index is 0.152. The molecule has 6 heteroatoms. The summed E-state index contributed by atoms with van der Waals surface area (Å²) in [5, 5.41) is 6.46. The minimum Gasteiger partial charge on any atom is -0.497 e. The second-order valence-corrected chi connectivity index (χ2v) is 6.84. The van der Waals surface area contributed by atoms with Gasteiger partial charge < -0.3 is 14.0 Å². The molecule has 0 aliphatic carbocycles. The van der Waals surface area contributed by atoms with Gasteiger partial charge in [0, 0.05) is 46.4 Å². The minimum atomic E-state index is -0.152. The van der Waals surface area contributed by atoms with E-state index in [1.807, 2.05) is 36.4 Å². The van der Waals surface area contributed by atoms with Gasteiger partial charge in [0.1, 0.15) is 11.5 Å². The van der Waals surface area contributed by atoms with Gasteiger partial charge in [-0.2, -0.15) is 5.10 Å². The van der Waals surface area contributed by atoms with Gasteiger partial charge in [0.05, 0.1) is 20.4 Å². The molecule has 30 heavy (non-hydrogen) atoms. The Bertz CT molecular complexity index is 1170. The van der Waals surface area contributed by atoms with Gasteiger partial charge in [-0.1, -0.05) is 36.4 Å². The summed E-state index contributed by atoms with van der Waals surface area (Å²) in [7, 11) is 3.18. The number of aryl methyl sites for hydroxylation is 1. The van der Waals surface area contributed by atoms with Gasteiger partial charge in [-0.3, -0.25) is 4.79 Å². The number of hydrazone groups is 1. The number of hydrogen-bond donors (Lipinski definition) is 1. The molecule has 0 atom stereocenters. The number of hydrogen-bond acceptors (Lipinski definition) is 4. The van der Waals surface area contributed by atoms with Crippen LogP contribution in [-0.4, -0.2) is 30.9 Å². The fourth-order valence-electron chi connectivity index (χ4n) is 3.61. The lowest BCUT2D eigenvalue weighted by atomic mass is 10.2. The predicted octanol–water partition coefficient (Wildman–Crippen LogP) is 4.35. The molecule has 0 unspecified atom stereocenters. The lowest BCUT2D eigenvalue weighted by molar-refractivity contribution is -0.121. The Morgan fingerprint density at radius 3 is 2.27 bits per heavy atom. The van der Waals surface area contributed by atoms with Crippen molar-refractivity contribution in [2.24, 2.45) is 5.10 Å². The fourth-order valence-corrected chi connectivity index (χ4v) is 3.61. The van der Waals surface area contributed by atoms with Crippen LogP contribution in [-0.2, 0) is 11.3 Å². The molecular weight excluding hydrogens is 378 g/mol. The zero-order chi connectivity index (χ0) is 20.9. The molecule has 1 amide bonds. The number of aromatic nitrogens is 1. The van der Waals surface area contributed by atoms with Gasteiger partial charge >= 0.3 is 0 Å². The molecule has 1 aromatic heterocycles. The van der Waals surface area contributed by atoms with Crippen LogP contribution < -0.4 is 14.9 Å². The van der Waals surface area contributed by atoms with E-state index < -0.39 is 0 Å². The first-order valence-electron chi connectivity index (χ1n) is 9.71. The number of carbonyl (C=O) groups excluding carboxylic acids is 1. The quantitative estimate of drug-likeness (QED) is 0.370. The molecule has 0 saturated heterocycles. The maximum absolute atomic E-state index is 12.4. The second-order valence-electron chi connectivity index (χ2n) is 6.84. The largest absolute Gasteiger partial charge is 0.497 e. The summed E-state index contributed by atoms with van der Waals surface area (Å²) in [6.07, 6.45) is 1.89. The van der Waals surface area contributed by atoms with Crippen LogP contribution in [0.4, 0.5) is 0 Å². The summed E-state index contributed by atoms with van der Waals surface area (Å²) in [5.41, 5.74) is 5.60. The van der Waals surface area contributed by atoms with Crippen molar-refractivity contribution in [3.8, 4) is 11.5 Å². The van der Waals surface area contributed by atoms with Gasteiger partial charge in [0.2, 0.25) is 5.91 Å². The Labute approximate surface area is 174 Å². The summed E-state index contributed by atoms with van der Waals surface area (Å²) in [6.45, 7) is 0.571. The van der Waals surface area contributed by atoms with E-state index in [4.69, 9.17) is 9.47 Å². The highest BCUT2D eigenvalue weighted by Gasteiger charge is 2.11. The van der Waals surface area contributed by atoms with E-state index in [0.717, 1.165) is 16.6 Å². The Hall–Kier alpha value is -3.80. The first-order chi connectivity index (χ1) is 14.7. The van der Waals surface area contributed by atoms with E-state index in [1.165, 1.54) is 10.8 Å². The van der Waals surface area contributed by atoms with Crippen LogP contribution in [0.25, 0.3) is 21.8 Å². The SMILES string of the molecule is COc1ccc(C=NNC(=O)CCn2c3ccccc3c3ccccc32)c(OC)c1. The van der Waals surface area contributed by atoms with Crippen molar-refractivity contribution in [3.05, 3.63) is 72.3 Å². The maximum Gasteiger partial charge on any atom is 0.241 e. The van der Waals surface area contributed by atoms with E-state index in [2.05, 4.69) is 39.4 Å². The first-order valence-corrected chi connectivity index (χ1v) is 9.71. The lowest BCUT2D eigenvalue weighted by Gasteiger charge is -2.08. The molecule has 0 saturated carbocycles. The molecule has 0 radical (unpaired) electrons. The molecule has 0 aliphatic heterocycles. The van der Waals surface area contributed by atoms with Crippen molar-refractivity contribution in [2.75, 3.05) is 14.2 Å². The number of benzene rings is 3. The molecule has 1 N–H and O–H groups in total. The number of amides is 1. The Kier molecular flexibility index (Phi) is 5.66. The summed E-state index contributed by atoms with van der Waals surface area (Å²) < 4.78 is 12.7. The fraction of sp³-hybridized carbons (Fsp3) is 0.167. The van der Waals surface area contributed by atoms with Crippen LogP contribution in [0.15, 0.2) is 71.8 Å². The number of rotatable bonds is 7. The molecule has 0 spiro atoms. The number of fused-ring (bicyclic) bond motifs is 3. The highest BCUT2D eigenvalue weighted by Crippen LogP contribution is 2.28. The smallest absolute Gasteiger partial charge is 0.241 e. The van der Waals surface area contributed by atoms with Crippen molar-refractivity contribution in [1.82, 2.24) is 9.99 Å². The molecular formula is C24H23N3O3. The number of para-hydroxylation sites is 2. The molecule has 3 aromatic carbocycles. The second kappa shape index (κ2) is 8.69. The number of carbonyl (C=O) groups is 1. The number of nitrogens with zero attached hydrogens (tertiary/aromatic N) is 2. The monoisotopic (exact) mass is 401 g/mol. The molecule has 4 aromatic rings. The summed E-state index contributed by atoms with van der Waals surface area (Å²) >= 11 is 0. The van der Waals surface area contributed by atoms with Crippen LogP contribution in [0, 0.1) is 0 Å². The van der Waals surface area contributed by atoms with E-state index in [1.54, 1.807) is 26.5 Å². The lowest BCUT2D eigenvalue weighted by Crippen LogP contribution is -2.19. The molecule has 4 rings (SSSR count). The molecule has 152 valence electrons. The predicted molar refractivity (Wildman–Crippen MR) is 119 cm³/mol. The van der Waals surface area contributed by atoms with Gasteiger partial charge in [-0.15, -0.1) is 0 Å². The topological polar surface area (TPSA) is 64.8 Å². The van der Waals surface area contributed by atoms with Gasteiger partial charge in [0.25, 0.3) is 0 Å². The van der Waals surface area contributed by atoms with Crippen LogP contribution in [0.3, 0.4) is 0 Å². The molecule has 0 aliphatic rings. The number of methoxy groups -OCH3 is 2. The highest BCUT2D eigenvalue weighted by molar-refractivity contribution is 6.08. The first kappa shape index (κ1) is 19.5. The third-order valence-corrected chi connectivity index (χ3v) is 5.08. The summed E-state index contributed by atoms with van der Waals surface area (Å²) in [5.74, 6) is 1.16. The average molecular weight is 401 g/mol. The standard InChI is InChI=1S/C24H23N3O3/c1-29-18-12-11-17(23(15-18)30-2)16-25-26-24(28)13-14-27-21-9-5-3-7-19(21)20-8-4-6-10-22(20)27/h3-12,15-16H,13-14H2,1-2H3,(H,26,28). The molecule has 0 bridgehead atoms. The third kappa shape index (κ3) is 3.85. The van der Waals surface area contributed by atoms with Crippen molar-refractivity contribution in [2.45, 2.75) is 13.0 Å². The average Bonchev–Trinajstić information content (AvgIpc) is 3.11. The van der Waals surface area contributed by atoms with Gasteiger partial charge in [-0.25, -0.2) is 5.43 Å². The number of ether oxygens (including phenoxy) is 2. The van der Waals surface area contributed by atoms with Crippen LogP contribution in [0.1, 0.15) is 12.0 Å². The van der Waals surface area contributed by atoms with Crippen molar-refractivity contribution < 1.29 is 14.3 Å². The van der Waals surface area contributed by atoms with Crippen LogP contribution in [0.5, 0.6) is 11.5 Å². The Balaban J connectivity index is 1.45. The third-order valence-electron chi connectivity index (χ3n) is 5.08. The van der Waals surface area contributed by atoms with Crippen molar-refractivity contribution >= 4 is 33.9 Å². The highest BCUT2D eigenvalue weighted by atomic mass is 16.5. The van der Waals surface area contributed by atoms with Gasteiger partial charge in [-0.05, 0) is 24.3 Å². The van der Waals surface area contributed by atoms with Crippen molar-refractivity contribution in [1.29, 1.82) is 0 Å². The summed E-state index contributed by atoms with van der Waals surface area (Å²) in [6, 6.07) is 21.9. The van der Waals surface area contributed by atoms with Crippen LogP contribution in [0.2, 0.25) is 0 Å². The van der Waals surface area contributed by atoms with E-state index >= 15 is 0 Å². The van der Waals surface area contributed by atoms with Crippen LogP contribution >= 0.6 is 0 Å². The molecule has 1 heterocycles. The molecule has 6 nitrogen and oxygen atoms in total. The number of nitrogens with one attached hydrogen (secondary N) is 1. The van der Waals surface area contributed by atoms with E-state index in [9.17, 15) is 4.79 Å². The maximum atomic E-state index is 12.4. The summed E-state index contributed by atoms with van der Waals surface area (Å²) in [4.78, 5) is 12.4. The van der Waals surface area contributed by atoms with Gasteiger partial charge in [0.15, 0.2) is 0 Å². The van der Waals surface area contributed by atoms with E-state index in [-0.39, 0.29) is 5.91 Å². The molecule has 0 fully saturated rings. The Morgan fingerprint density at radius 1 is 0.967 bits per heavy atom. The van der Waals surface area contributed by atoms with Crippen molar-refractivity contribution in [3.63, 3.8) is 0 Å². The van der Waals surface area contributed by atoms with E-state index in [0.29, 0.717) is 24.5 Å². The zero-order valence-corrected chi connectivity index (χ0v) is 17.0. The Morgan fingerprint density at radius 2 is 1.63 bits per heavy atom. The zero-order valence-electron chi connectivity index (χ0n) is 17.0. The normalized spacial score (nSPS) is 11.3.